The van der Waals surface area contributed by atoms with Crippen LogP contribution in [0.5, 0.6) is 11.5 Å². The van der Waals surface area contributed by atoms with Gasteiger partial charge in [-0.15, -0.1) is 0 Å². The number of rotatable bonds is 12. The average Bonchev–Trinajstić information content (AvgIpc) is 3.15. The maximum Gasteiger partial charge on any atom is 0.419 e. The first kappa shape index (κ1) is 41.7. The highest BCUT2D eigenvalue weighted by atomic mass is 35.5. The number of nitrogens with zero attached hydrogens (tertiary/aromatic N) is 2. The standard InChI is InChI=1S/C42H42Cl2F6N2O4/c1-26-8-2-4-18-51(26)22-27-14-16-36(33(20-27)41(45,46)47)55-24-29-9-6-11-31(38(29)43)32-12-7-10-30(39(32)44)25-56-37-17-15-28(21-34(37)42(48,49)50)23-52-19-5-3-13-35(52)40(53)54/h6-7,9-12,14-17,20-21,26,35H,2-5,8,13,18-19,22-25H2,1H3,(H,53,54)/t26-,35+/m1/s1. The fraction of sp³-hybridized carbons (Fsp3) is 0.405. The van der Waals surface area contributed by atoms with Crippen molar-refractivity contribution in [2.24, 2.45) is 0 Å². The first-order valence-electron chi connectivity index (χ1n) is 18.5. The zero-order valence-corrected chi connectivity index (χ0v) is 32.2. The summed E-state index contributed by atoms with van der Waals surface area (Å²) < 4.78 is 96.9. The number of hydrogen-bond acceptors (Lipinski definition) is 5. The lowest BCUT2D eigenvalue weighted by molar-refractivity contribution is -0.145. The van der Waals surface area contributed by atoms with Crippen molar-refractivity contribution < 1.29 is 45.7 Å². The third-order valence-electron chi connectivity index (χ3n) is 10.5. The molecule has 0 bridgehead atoms. The zero-order chi connectivity index (χ0) is 40.2. The normalized spacial score (nSPS) is 18.5. The molecule has 0 amide bonds. The molecule has 2 saturated heterocycles. The molecule has 6 nitrogen and oxygen atoms in total. The molecule has 2 aliphatic heterocycles. The van der Waals surface area contributed by atoms with Gasteiger partial charge in [0.05, 0.1) is 21.2 Å². The van der Waals surface area contributed by atoms with E-state index in [-0.39, 0.29) is 41.6 Å². The Kier molecular flexibility index (Phi) is 13.1. The molecule has 0 aromatic heterocycles. The van der Waals surface area contributed by atoms with Crippen LogP contribution in [0.1, 0.15) is 78.8 Å². The average molecular weight is 824 g/mol. The largest absolute Gasteiger partial charge is 0.488 e. The highest BCUT2D eigenvalue weighted by molar-refractivity contribution is 6.37. The molecular weight excluding hydrogens is 781 g/mol. The van der Waals surface area contributed by atoms with Crippen molar-refractivity contribution in [1.82, 2.24) is 9.80 Å². The minimum Gasteiger partial charge on any atom is -0.488 e. The van der Waals surface area contributed by atoms with Crippen molar-refractivity contribution in [1.29, 1.82) is 0 Å². The molecular formula is C42H42Cl2F6N2O4. The maximum atomic E-state index is 14.3. The van der Waals surface area contributed by atoms with Gasteiger partial charge >= 0.3 is 18.3 Å². The van der Waals surface area contributed by atoms with Crippen molar-refractivity contribution >= 4 is 29.2 Å². The van der Waals surface area contributed by atoms with E-state index in [1.165, 1.54) is 18.2 Å². The monoisotopic (exact) mass is 822 g/mol. The zero-order valence-electron chi connectivity index (χ0n) is 30.7. The fourth-order valence-electron chi connectivity index (χ4n) is 7.48. The van der Waals surface area contributed by atoms with Gasteiger partial charge in [-0.05, 0) is 81.1 Å². The smallest absolute Gasteiger partial charge is 0.419 e. The van der Waals surface area contributed by atoms with Crippen LogP contribution < -0.4 is 9.47 Å². The lowest BCUT2D eigenvalue weighted by Crippen LogP contribution is -2.44. The fourth-order valence-corrected chi connectivity index (χ4v) is 8.04. The predicted octanol–water partition coefficient (Wildman–Crippen LogP) is 11.7. The summed E-state index contributed by atoms with van der Waals surface area (Å²) in [5.74, 6) is -1.74. The van der Waals surface area contributed by atoms with Crippen molar-refractivity contribution in [3.05, 3.63) is 116 Å². The number of likely N-dealkylation sites (tertiary alicyclic amines) is 2. The molecule has 2 atom stereocenters. The number of ether oxygens (including phenoxy) is 2. The number of piperidine rings is 2. The van der Waals surface area contributed by atoms with E-state index < -0.39 is 41.2 Å². The molecule has 1 N–H and O–H groups in total. The number of aliphatic carboxylic acids is 1. The third-order valence-corrected chi connectivity index (χ3v) is 11.4. The van der Waals surface area contributed by atoms with Crippen LogP contribution in [0.2, 0.25) is 10.0 Å². The van der Waals surface area contributed by atoms with Gasteiger partial charge in [0.1, 0.15) is 30.8 Å². The van der Waals surface area contributed by atoms with Crippen LogP contribution in [0.4, 0.5) is 26.3 Å². The maximum absolute atomic E-state index is 14.3. The molecule has 300 valence electrons. The highest BCUT2D eigenvalue weighted by Crippen LogP contribution is 2.41. The summed E-state index contributed by atoms with van der Waals surface area (Å²) in [5, 5.41) is 9.94. The Bertz CT molecular complexity index is 2020. The molecule has 6 rings (SSSR count). The van der Waals surface area contributed by atoms with Crippen LogP contribution in [-0.4, -0.2) is 46.0 Å². The minimum absolute atomic E-state index is 0.0487. The molecule has 2 aliphatic rings. The Labute approximate surface area is 331 Å². The Morgan fingerprint density at radius 2 is 1.16 bits per heavy atom. The van der Waals surface area contributed by atoms with Crippen molar-refractivity contribution in [2.45, 2.75) is 96.2 Å². The second kappa shape index (κ2) is 17.7. The molecule has 0 saturated carbocycles. The van der Waals surface area contributed by atoms with Gasteiger partial charge in [0.15, 0.2) is 0 Å². The van der Waals surface area contributed by atoms with E-state index in [0.717, 1.165) is 50.8 Å². The summed E-state index contributed by atoms with van der Waals surface area (Å²) in [6, 6.07) is 17.2. The van der Waals surface area contributed by atoms with E-state index >= 15 is 0 Å². The van der Waals surface area contributed by atoms with E-state index in [2.05, 4.69) is 11.8 Å². The summed E-state index contributed by atoms with van der Waals surface area (Å²) >= 11 is 13.6. The lowest BCUT2D eigenvalue weighted by Gasteiger charge is -2.33. The number of benzene rings is 4. The Morgan fingerprint density at radius 3 is 1.62 bits per heavy atom. The molecule has 2 fully saturated rings. The summed E-state index contributed by atoms with van der Waals surface area (Å²) in [6.07, 6.45) is -4.35. The number of halogens is 8. The summed E-state index contributed by atoms with van der Waals surface area (Å²) in [5.41, 5.74) is 0.632. The summed E-state index contributed by atoms with van der Waals surface area (Å²) in [6.45, 7) is 3.25. The van der Waals surface area contributed by atoms with E-state index in [9.17, 15) is 36.2 Å². The SMILES string of the molecule is C[C@@H]1CCCCN1Cc1ccc(OCc2cccc(-c3cccc(COc4ccc(CN5CCCC[C@H]5C(=O)O)cc4C(F)(F)F)c3Cl)c2Cl)c(C(F)(F)F)c1. The molecule has 0 aliphatic carbocycles. The van der Waals surface area contributed by atoms with Gasteiger partial charge in [-0.2, -0.15) is 26.3 Å². The molecule has 2 heterocycles. The number of carboxylic acids is 1. The van der Waals surface area contributed by atoms with Crippen molar-refractivity contribution in [2.75, 3.05) is 13.1 Å². The first-order valence-corrected chi connectivity index (χ1v) is 19.3. The van der Waals surface area contributed by atoms with Gasteiger partial charge in [-0.3, -0.25) is 14.6 Å². The topological polar surface area (TPSA) is 62.2 Å². The second-order valence-electron chi connectivity index (χ2n) is 14.4. The van der Waals surface area contributed by atoms with Gasteiger partial charge in [0, 0.05) is 41.4 Å². The van der Waals surface area contributed by atoms with Crippen LogP contribution in [0.25, 0.3) is 11.1 Å². The van der Waals surface area contributed by atoms with Crippen LogP contribution >= 0.6 is 23.2 Å². The van der Waals surface area contributed by atoms with Crippen molar-refractivity contribution in [3.8, 4) is 22.6 Å². The molecule has 0 spiro atoms. The number of alkyl halides is 6. The first-order chi connectivity index (χ1) is 26.6. The van der Waals surface area contributed by atoms with Crippen LogP contribution in [-0.2, 0) is 43.5 Å². The minimum atomic E-state index is -4.75. The molecule has 0 unspecified atom stereocenters. The summed E-state index contributed by atoms with van der Waals surface area (Å²) in [7, 11) is 0. The molecule has 4 aromatic carbocycles. The van der Waals surface area contributed by atoms with E-state index in [1.54, 1.807) is 47.4 Å². The molecule has 4 aromatic rings. The Morgan fingerprint density at radius 1 is 0.696 bits per heavy atom. The lowest BCUT2D eigenvalue weighted by atomic mass is 10.0. The van der Waals surface area contributed by atoms with E-state index in [4.69, 9.17) is 32.7 Å². The Hall–Kier alpha value is -3.97. The van der Waals surface area contributed by atoms with Crippen LogP contribution in [0.3, 0.4) is 0 Å². The quantitative estimate of drug-likeness (QED) is 0.144. The van der Waals surface area contributed by atoms with Gasteiger partial charge in [0.2, 0.25) is 0 Å². The van der Waals surface area contributed by atoms with E-state index in [0.29, 0.717) is 52.9 Å². The molecule has 0 radical (unpaired) electrons. The van der Waals surface area contributed by atoms with E-state index in [1.807, 2.05) is 0 Å². The molecule has 14 heteroatoms. The van der Waals surface area contributed by atoms with Gasteiger partial charge in [0.25, 0.3) is 0 Å². The highest BCUT2D eigenvalue weighted by Gasteiger charge is 2.37. The van der Waals surface area contributed by atoms with Gasteiger partial charge in [-0.1, -0.05) is 84.6 Å². The second-order valence-corrected chi connectivity index (χ2v) is 15.2. The van der Waals surface area contributed by atoms with Gasteiger partial charge in [-0.25, -0.2) is 0 Å². The third kappa shape index (κ3) is 9.93. The van der Waals surface area contributed by atoms with Gasteiger partial charge < -0.3 is 14.6 Å². The predicted molar refractivity (Wildman–Crippen MR) is 203 cm³/mol. The Balaban J connectivity index is 1.17. The number of carbonyl (C=O) groups is 1. The molecule has 56 heavy (non-hydrogen) atoms. The number of hydrogen-bond donors (Lipinski definition) is 1. The van der Waals surface area contributed by atoms with Crippen LogP contribution in [0, 0.1) is 0 Å². The summed E-state index contributed by atoms with van der Waals surface area (Å²) in [4.78, 5) is 15.6. The van der Waals surface area contributed by atoms with Crippen LogP contribution in [0.15, 0.2) is 72.8 Å². The number of carboxylic acid groups (broad SMARTS) is 1. The van der Waals surface area contributed by atoms with Crippen molar-refractivity contribution in [3.63, 3.8) is 0 Å².